The number of halogens is 1. The van der Waals surface area contributed by atoms with Crippen LogP contribution in [0.1, 0.15) is 16.1 Å². The summed E-state index contributed by atoms with van der Waals surface area (Å²) >= 11 is 3.39. The number of nitrogens with zero attached hydrogens (tertiary/aromatic N) is 2. The number of nitrogens with two attached hydrogens (primary N) is 1. The van der Waals surface area contributed by atoms with E-state index in [2.05, 4.69) is 21.2 Å². The van der Waals surface area contributed by atoms with E-state index in [0.29, 0.717) is 15.9 Å². The van der Waals surface area contributed by atoms with E-state index in [1.807, 2.05) is 6.07 Å². The lowest BCUT2D eigenvalue weighted by molar-refractivity contribution is -0.122. The van der Waals surface area contributed by atoms with Gasteiger partial charge in [-0.2, -0.15) is 5.26 Å². The average molecular weight is 407 g/mol. The molecule has 0 bridgehead atoms. The summed E-state index contributed by atoms with van der Waals surface area (Å²) in [6.45, 7) is -0.154. The lowest BCUT2D eigenvalue weighted by Gasteiger charge is -2.13. The maximum Gasteiger partial charge on any atom is 0.357 e. The van der Waals surface area contributed by atoms with Crippen molar-refractivity contribution < 1.29 is 19.1 Å². The molecule has 1 aromatic carbocycles. The Hall–Kier alpha value is -2.99. The van der Waals surface area contributed by atoms with Crippen molar-refractivity contribution in [1.29, 1.82) is 5.26 Å². The molecule has 0 unspecified atom stereocenters. The maximum atomic E-state index is 12.1. The van der Waals surface area contributed by atoms with E-state index in [-0.39, 0.29) is 29.5 Å². The molecule has 0 fully saturated rings. The molecular formula is C16H15BrN4O4. The first kappa shape index (κ1) is 18.4. The largest absolute Gasteiger partial charge is 0.484 e. The highest BCUT2D eigenvalue weighted by atomic mass is 79.9. The van der Waals surface area contributed by atoms with Crippen molar-refractivity contribution in [1.82, 2.24) is 9.88 Å². The SMILES string of the molecule is CNC(=O)COc1ccc(Br)c(-n2cc(C#N)c(N)c2C(=O)OC)c1. The molecule has 130 valence electrons. The number of esters is 1. The number of aromatic nitrogens is 1. The zero-order valence-electron chi connectivity index (χ0n) is 13.5. The molecule has 2 rings (SSSR count). The van der Waals surface area contributed by atoms with Crippen molar-refractivity contribution in [3.8, 4) is 17.5 Å². The van der Waals surface area contributed by atoms with Crippen LogP contribution in [0.5, 0.6) is 5.75 Å². The quantitative estimate of drug-likeness (QED) is 0.727. The second kappa shape index (κ2) is 7.72. The fourth-order valence-corrected chi connectivity index (χ4v) is 2.53. The van der Waals surface area contributed by atoms with Crippen molar-refractivity contribution >= 4 is 33.5 Å². The molecule has 1 aromatic heterocycles. The summed E-state index contributed by atoms with van der Waals surface area (Å²) < 4.78 is 12.2. The number of anilines is 1. The first-order chi connectivity index (χ1) is 11.9. The van der Waals surface area contributed by atoms with Gasteiger partial charge in [-0.15, -0.1) is 0 Å². The van der Waals surface area contributed by atoms with Crippen molar-refractivity contribution in [2.24, 2.45) is 0 Å². The molecule has 0 saturated heterocycles. The van der Waals surface area contributed by atoms with Gasteiger partial charge in [-0.1, -0.05) is 0 Å². The zero-order chi connectivity index (χ0) is 18.6. The van der Waals surface area contributed by atoms with Gasteiger partial charge in [-0.3, -0.25) is 4.79 Å². The Morgan fingerprint density at radius 1 is 1.44 bits per heavy atom. The summed E-state index contributed by atoms with van der Waals surface area (Å²) in [6.07, 6.45) is 1.43. The molecule has 9 heteroatoms. The Morgan fingerprint density at radius 3 is 2.76 bits per heavy atom. The number of methoxy groups -OCH3 is 1. The van der Waals surface area contributed by atoms with Gasteiger partial charge in [-0.25, -0.2) is 4.79 Å². The predicted octanol–water partition coefficient (Wildman–Crippen LogP) is 1.61. The van der Waals surface area contributed by atoms with Crippen LogP contribution in [0.2, 0.25) is 0 Å². The van der Waals surface area contributed by atoms with E-state index in [1.165, 1.54) is 24.9 Å². The molecular weight excluding hydrogens is 392 g/mol. The van der Waals surface area contributed by atoms with Gasteiger partial charge in [0.2, 0.25) is 0 Å². The standard InChI is InChI=1S/C16H15BrN4O4/c1-20-13(22)8-25-10-3-4-11(17)12(5-10)21-7-9(6-18)14(19)15(21)16(23)24-2/h3-5,7H,8,19H2,1-2H3,(H,20,22). The maximum absolute atomic E-state index is 12.1. The van der Waals surface area contributed by atoms with Crippen molar-refractivity contribution in [3.05, 3.63) is 40.1 Å². The number of carbonyl (C=O) groups excluding carboxylic acids is 2. The predicted molar refractivity (Wildman–Crippen MR) is 93.5 cm³/mol. The summed E-state index contributed by atoms with van der Waals surface area (Å²) in [5.41, 5.74) is 6.59. The highest BCUT2D eigenvalue weighted by Crippen LogP contribution is 2.31. The van der Waals surface area contributed by atoms with E-state index in [0.717, 1.165) is 0 Å². The number of hydrogen-bond donors (Lipinski definition) is 2. The molecule has 25 heavy (non-hydrogen) atoms. The van der Waals surface area contributed by atoms with E-state index in [9.17, 15) is 14.9 Å². The van der Waals surface area contributed by atoms with E-state index in [4.69, 9.17) is 15.2 Å². The molecule has 0 aliphatic carbocycles. The van der Waals surface area contributed by atoms with Gasteiger partial charge in [0.15, 0.2) is 12.3 Å². The Kier molecular flexibility index (Phi) is 5.67. The number of nitrogens with one attached hydrogen (secondary N) is 1. The number of ether oxygens (including phenoxy) is 2. The first-order valence-electron chi connectivity index (χ1n) is 7.05. The van der Waals surface area contributed by atoms with Gasteiger partial charge in [0.25, 0.3) is 5.91 Å². The van der Waals surface area contributed by atoms with Crippen molar-refractivity contribution in [3.63, 3.8) is 0 Å². The van der Waals surface area contributed by atoms with Crippen LogP contribution >= 0.6 is 15.9 Å². The molecule has 0 spiro atoms. The Morgan fingerprint density at radius 2 is 2.16 bits per heavy atom. The smallest absolute Gasteiger partial charge is 0.357 e. The average Bonchev–Trinajstić information content (AvgIpc) is 2.96. The second-order valence-electron chi connectivity index (χ2n) is 4.85. The number of nitrogen functional groups attached to an aromatic ring is 1. The zero-order valence-corrected chi connectivity index (χ0v) is 15.1. The van der Waals surface area contributed by atoms with Gasteiger partial charge in [0.1, 0.15) is 11.8 Å². The number of amides is 1. The van der Waals surface area contributed by atoms with Crippen LogP contribution in [0.4, 0.5) is 5.69 Å². The van der Waals surface area contributed by atoms with Crippen LogP contribution in [0.15, 0.2) is 28.9 Å². The third-order valence-corrected chi connectivity index (χ3v) is 4.04. The molecule has 0 radical (unpaired) electrons. The minimum atomic E-state index is -0.678. The number of carbonyl (C=O) groups is 2. The highest BCUT2D eigenvalue weighted by molar-refractivity contribution is 9.10. The van der Waals surface area contributed by atoms with Gasteiger partial charge in [-0.05, 0) is 28.1 Å². The van der Waals surface area contributed by atoms with Crippen LogP contribution in [0.25, 0.3) is 5.69 Å². The summed E-state index contributed by atoms with van der Waals surface area (Å²) in [7, 11) is 2.73. The van der Waals surface area contributed by atoms with Gasteiger partial charge >= 0.3 is 5.97 Å². The van der Waals surface area contributed by atoms with Crippen LogP contribution in [-0.4, -0.2) is 37.2 Å². The van der Waals surface area contributed by atoms with E-state index in [1.54, 1.807) is 18.2 Å². The molecule has 1 amide bonds. The molecule has 0 aliphatic heterocycles. The van der Waals surface area contributed by atoms with Gasteiger partial charge in [0.05, 0.1) is 24.0 Å². The molecule has 8 nitrogen and oxygen atoms in total. The number of nitriles is 1. The topological polar surface area (TPSA) is 119 Å². The first-order valence-corrected chi connectivity index (χ1v) is 7.84. The fraction of sp³-hybridized carbons (Fsp3) is 0.188. The minimum Gasteiger partial charge on any atom is -0.484 e. The normalized spacial score (nSPS) is 10.0. The lowest BCUT2D eigenvalue weighted by Crippen LogP contribution is -2.24. The van der Waals surface area contributed by atoms with Crippen molar-refractivity contribution in [2.75, 3.05) is 26.5 Å². The monoisotopic (exact) mass is 406 g/mol. The minimum absolute atomic E-state index is 0.0259. The van der Waals surface area contributed by atoms with Crippen molar-refractivity contribution in [2.45, 2.75) is 0 Å². The molecule has 0 saturated carbocycles. The Bertz CT molecular complexity index is 870. The highest BCUT2D eigenvalue weighted by Gasteiger charge is 2.23. The molecule has 2 aromatic rings. The third kappa shape index (κ3) is 3.75. The summed E-state index contributed by atoms with van der Waals surface area (Å²) in [5, 5.41) is 11.6. The molecule has 1 heterocycles. The van der Waals surface area contributed by atoms with Crippen LogP contribution in [-0.2, 0) is 9.53 Å². The number of rotatable bonds is 5. The third-order valence-electron chi connectivity index (χ3n) is 3.37. The Balaban J connectivity index is 2.53. The fourth-order valence-electron chi connectivity index (χ4n) is 2.09. The summed E-state index contributed by atoms with van der Waals surface area (Å²) in [6, 6.07) is 6.90. The molecule has 0 atom stereocenters. The lowest BCUT2D eigenvalue weighted by atomic mass is 10.2. The van der Waals surface area contributed by atoms with Gasteiger partial charge < -0.3 is 25.1 Å². The van der Waals surface area contributed by atoms with Gasteiger partial charge in [0, 0.05) is 23.8 Å². The molecule has 0 aliphatic rings. The summed E-state index contributed by atoms with van der Waals surface area (Å²) in [5.74, 6) is -0.553. The Labute approximate surface area is 152 Å². The summed E-state index contributed by atoms with van der Waals surface area (Å²) in [4.78, 5) is 23.4. The van der Waals surface area contributed by atoms with Crippen LogP contribution in [0, 0.1) is 11.3 Å². The van der Waals surface area contributed by atoms with Crippen LogP contribution in [0.3, 0.4) is 0 Å². The van der Waals surface area contributed by atoms with E-state index < -0.39 is 5.97 Å². The molecule has 3 N–H and O–H groups in total. The second-order valence-corrected chi connectivity index (χ2v) is 5.71. The van der Waals surface area contributed by atoms with E-state index >= 15 is 0 Å². The number of benzene rings is 1. The number of likely N-dealkylation sites (N-methyl/N-ethyl adjacent to an activating group) is 1. The number of hydrogen-bond acceptors (Lipinski definition) is 6. The van der Waals surface area contributed by atoms with Crippen LogP contribution < -0.4 is 15.8 Å².